The Bertz CT molecular complexity index is 534. The minimum absolute atomic E-state index is 0.147. The summed E-state index contributed by atoms with van der Waals surface area (Å²) >= 11 is 3.44. The van der Waals surface area contributed by atoms with Crippen molar-refractivity contribution < 1.29 is 14.3 Å². The second-order valence-electron chi connectivity index (χ2n) is 7.25. The Balaban J connectivity index is 2.33. The molecule has 1 aromatic rings. The van der Waals surface area contributed by atoms with E-state index in [1.165, 1.54) is 0 Å². The molecule has 0 radical (unpaired) electrons. The number of halogens is 1. The van der Waals surface area contributed by atoms with E-state index in [-0.39, 0.29) is 12.1 Å². The molecule has 1 atom stereocenters. The van der Waals surface area contributed by atoms with Gasteiger partial charge in [-0.25, -0.2) is 4.79 Å². The number of hydrogen-bond donors (Lipinski definition) is 0. The molecule has 22 heavy (non-hydrogen) atoms. The summed E-state index contributed by atoms with van der Waals surface area (Å²) in [4.78, 5) is 14.5. The third-order valence-electron chi connectivity index (χ3n) is 3.54. The monoisotopic (exact) mass is 369 g/mol. The lowest BCUT2D eigenvalue weighted by molar-refractivity contribution is -0.0928. The molecule has 1 saturated heterocycles. The highest BCUT2D eigenvalue weighted by molar-refractivity contribution is 9.10. The van der Waals surface area contributed by atoms with Gasteiger partial charge in [0.1, 0.15) is 5.60 Å². The van der Waals surface area contributed by atoms with Crippen LogP contribution in [0.3, 0.4) is 0 Å². The van der Waals surface area contributed by atoms with E-state index >= 15 is 0 Å². The van der Waals surface area contributed by atoms with Crippen LogP contribution >= 0.6 is 15.9 Å². The Hall–Kier alpha value is -1.07. The molecule has 0 bridgehead atoms. The Morgan fingerprint density at radius 1 is 1.32 bits per heavy atom. The van der Waals surface area contributed by atoms with Gasteiger partial charge in [-0.15, -0.1) is 0 Å². The number of amides is 1. The Labute approximate surface area is 140 Å². The SMILES string of the molecule is CC(C)(C)OC(=O)N1C(c2ccc(Br)cc2)COCC1(C)C. The summed E-state index contributed by atoms with van der Waals surface area (Å²) < 4.78 is 12.4. The van der Waals surface area contributed by atoms with Gasteiger partial charge in [0.25, 0.3) is 0 Å². The van der Waals surface area contributed by atoms with Crippen molar-refractivity contribution >= 4 is 22.0 Å². The highest BCUT2D eigenvalue weighted by Crippen LogP contribution is 2.35. The van der Waals surface area contributed by atoms with Crippen molar-refractivity contribution in [3.8, 4) is 0 Å². The molecule has 0 spiro atoms. The maximum absolute atomic E-state index is 12.7. The van der Waals surface area contributed by atoms with E-state index in [0.717, 1.165) is 10.0 Å². The second-order valence-corrected chi connectivity index (χ2v) is 8.16. The minimum atomic E-state index is -0.518. The van der Waals surface area contributed by atoms with Gasteiger partial charge in [0.15, 0.2) is 0 Å². The number of carbonyl (C=O) groups excluding carboxylic acids is 1. The van der Waals surface area contributed by atoms with Gasteiger partial charge in [0.05, 0.1) is 24.8 Å². The molecule has 1 aliphatic heterocycles. The number of ether oxygens (including phenoxy) is 2. The summed E-state index contributed by atoms with van der Waals surface area (Å²) in [6.07, 6.45) is -0.297. The van der Waals surface area contributed by atoms with Crippen LogP contribution in [0, 0.1) is 0 Å². The summed E-state index contributed by atoms with van der Waals surface area (Å²) in [6.45, 7) is 10.6. The van der Waals surface area contributed by atoms with Crippen LogP contribution in [-0.2, 0) is 9.47 Å². The number of benzene rings is 1. The van der Waals surface area contributed by atoms with Gasteiger partial charge in [0.2, 0.25) is 0 Å². The molecule has 0 saturated carbocycles. The van der Waals surface area contributed by atoms with Crippen molar-refractivity contribution in [1.29, 1.82) is 0 Å². The second kappa shape index (κ2) is 6.20. The van der Waals surface area contributed by atoms with Crippen LogP contribution in [0.2, 0.25) is 0 Å². The zero-order valence-electron chi connectivity index (χ0n) is 13.9. The lowest BCUT2D eigenvalue weighted by Crippen LogP contribution is -2.57. The molecule has 5 heteroatoms. The number of hydrogen-bond acceptors (Lipinski definition) is 3. The number of nitrogens with zero attached hydrogens (tertiary/aromatic N) is 1. The Morgan fingerprint density at radius 2 is 1.91 bits per heavy atom. The average Bonchev–Trinajstić information content (AvgIpc) is 2.35. The third-order valence-corrected chi connectivity index (χ3v) is 4.07. The first-order valence-electron chi connectivity index (χ1n) is 7.46. The third kappa shape index (κ3) is 4.02. The van der Waals surface area contributed by atoms with Crippen molar-refractivity contribution in [2.75, 3.05) is 13.2 Å². The molecule has 0 aliphatic carbocycles. The lowest BCUT2D eigenvalue weighted by Gasteiger charge is -2.47. The van der Waals surface area contributed by atoms with E-state index in [0.29, 0.717) is 13.2 Å². The van der Waals surface area contributed by atoms with Crippen molar-refractivity contribution in [3.63, 3.8) is 0 Å². The summed E-state index contributed by atoms with van der Waals surface area (Å²) in [7, 11) is 0. The fraction of sp³-hybridized carbons (Fsp3) is 0.588. The van der Waals surface area contributed by atoms with E-state index in [9.17, 15) is 4.79 Å². The average molecular weight is 370 g/mol. The fourth-order valence-corrected chi connectivity index (χ4v) is 2.87. The van der Waals surface area contributed by atoms with Gasteiger partial charge < -0.3 is 9.47 Å². The molecule has 0 aromatic heterocycles. The van der Waals surface area contributed by atoms with Crippen LogP contribution in [-0.4, -0.2) is 35.3 Å². The van der Waals surface area contributed by atoms with Crippen LogP contribution in [0.5, 0.6) is 0 Å². The zero-order chi connectivity index (χ0) is 16.5. The van der Waals surface area contributed by atoms with Gasteiger partial charge in [-0.2, -0.15) is 0 Å². The summed E-state index contributed by atoms with van der Waals surface area (Å²) in [5.41, 5.74) is 0.107. The zero-order valence-corrected chi connectivity index (χ0v) is 15.4. The topological polar surface area (TPSA) is 38.8 Å². The Kier molecular flexibility index (Phi) is 4.87. The molecule has 4 nitrogen and oxygen atoms in total. The van der Waals surface area contributed by atoms with Gasteiger partial charge in [-0.1, -0.05) is 28.1 Å². The van der Waals surface area contributed by atoms with Gasteiger partial charge in [0, 0.05) is 4.47 Å². The normalized spacial score (nSPS) is 21.5. The molecule has 122 valence electrons. The molecule has 1 unspecified atom stereocenters. The van der Waals surface area contributed by atoms with Crippen LogP contribution in [0.25, 0.3) is 0 Å². The quantitative estimate of drug-likeness (QED) is 0.729. The lowest BCUT2D eigenvalue weighted by atomic mass is 9.95. The molecular formula is C17H24BrNO3. The molecular weight excluding hydrogens is 346 g/mol. The summed E-state index contributed by atoms with van der Waals surface area (Å²) in [6, 6.07) is 7.83. The first-order valence-corrected chi connectivity index (χ1v) is 8.25. The number of rotatable bonds is 1. The first-order chi connectivity index (χ1) is 10.1. The number of carbonyl (C=O) groups is 1. The van der Waals surface area contributed by atoms with E-state index < -0.39 is 11.1 Å². The van der Waals surface area contributed by atoms with E-state index in [4.69, 9.17) is 9.47 Å². The van der Waals surface area contributed by atoms with Crippen molar-refractivity contribution in [3.05, 3.63) is 34.3 Å². The minimum Gasteiger partial charge on any atom is -0.444 e. The smallest absolute Gasteiger partial charge is 0.411 e. The van der Waals surface area contributed by atoms with E-state index in [1.807, 2.05) is 63.8 Å². The van der Waals surface area contributed by atoms with Gasteiger partial charge in [-0.05, 0) is 52.3 Å². The number of morpholine rings is 1. The van der Waals surface area contributed by atoms with Crippen LogP contribution in [0.15, 0.2) is 28.7 Å². The van der Waals surface area contributed by atoms with Crippen LogP contribution < -0.4 is 0 Å². The van der Waals surface area contributed by atoms with Gasteiger partial charge >= 0.3 is 6.09 Å². The summed E-state index contributed by atoms with van der Waals surface area (Å²) in [5.74, 6) is 0. The van der Waals surface area contributed by atoms with Gasteiger partial charge in [-0.3, -0.25) is 4.90 Å². The van der Waals surface area contributed by atoms with E-state index in [1.54, 1.807) is 0 Å². The molecule has 0 N–H and O–H groups in total. The highest BCUT2D eigenvalue weighted by Gasteiger charge is 2.43. The molecule has 1 heterocycles. The largest absolute Gasteiger partial charge is 0.444 e. The first kappa shape index (κ1) is 17.3. The van der Waals surface area contributed by atoms with Crippen molar-refractivity contribution in [1.82, 2.24) is 4.90 Å². The Morgan fingerprint density at radius 3 is 2.45 bits per heavy atom. The molecule has 1 aliphatic rings. The van der Waals surface area contributed by atoms with Crippen molar-refractivity contribution in [2.24, 2.45) is 0 Å². The maximum atomic E-state index is 12.7. The molecule has 1 aromatic carbocycles. The van der Waals surface area contributed by atoms with E-state index in [2.05, 4.69) is 15.9 Å². The highest BCUT2D eigenvalue weighted by atomic mass is 79.9. The predicted molar refractivity (Wildman–Crippen MR) is 89.9 cm³/mol. The van der Waals surface area contributed by atoms with Crippen molar-refractivity contribution in [2.45, 2.75) is 51.8 Å². The molecule has 1 fully saturated rings. The fourth-order valence-electron chi connectivity index (χ4n) is 2.60. The maximum Gasteiger partial charge on any atom is 0.411 e. The summed E-state index contributed by atoms with van der Waals surface area (Å²) in [5, 5.41) is 0. The molecule has 2 rings (SSSR count). The van der Waals surface area contributed by atoms with Crippen LogP contribution in [0.4, 0.5) is 4.79 Å². The molecule has 1 amide bonds. The van der Waals surface area contributed by atoms with Crippen LogP contribution in [0.1, 0.15) is 46.2 Å². The standard InChI is InChI=1S/C17H24BrNO3/c1-16(2,3)22-15(20)19-14(10-21-11-17(19,4)5)12-6-8-13(18)9-7-12/h6-9,14H,10-11H2,1-5H3. The predicted octanol–water partition coefficient (Wildman–Crippen LogP) is 4.54.